The molecule has 6 heteroatoms. The number of hydrogen-bond donors (Lipinski definition) is 2. The molecule has 0 spiro atoms. The minimum absolute atomic E-state index is 0.116. The molecule has 0 radical (unpaired) electrons. The molecule has 1 heterocycles. The van der Waals surface area contributed by atoms with Gasteiger partial charge in [-0.2, -0.15) is 13.2 Å². The van der Waals surface area contributed by atoms with Gasteiger partial charge in [-0.25, -0.2) is 0 Å². The first-order chi connectivity index (χ1) is 9.34. The van der Waals surface area contributed by atoms with E-state index in [0.29, 0.717) is 6.42 Å². The highest BCUT2D eigenvalue weighted by atomic mass is 19.4. The summed E-state index contributed by atoms with van der Waals surface area (Å²) in [5.41, 5.74) is 2.30. The molecule has 0 saturated carbocycles. The van der Waals surface area contributed by atoms with Gasteiger partial charge in [0, 0.05) is 24.0 Å². The van der Waals surface area contributed by atoms with Crippen molar-refractivity contribution in [2.24, 2.45) is 5.73 Å². The van der Waals surface area contributed by atoms with Crippen LogP contribution in [-0.2, 0) is 5.60 Å². The largest absolute Gasteiger partial charge is 0.423 e. The Hall–Kier alpha value is -1.14. The van der Waals surface area contributed by atoms with Gasteiger partial charge < -0.3 is 10.8 Å². The Morgan fingerprint density at radius 2 is 2.00 bits per heavy atom. The second-order valence-corrected chi connectivity index (χ2v) is 4.96. The van der Waals surface area contributed by atoms with Crippen molar-refractivity contribution < 1.29 is 18.3 Å². The van der Waals surface area contributed by atoms with Crippen molar-refractivity contribution in [1.82, 2.24) is 4.98 Å². The van der Waals surface area contributed by atoms with Gasteiger partial charge in [0.2, 0.25) is 5.60 Å². The Kier molecular flexibility index (Phi) is 5.95. The van der Waals surface area contributed by atoms with Crippen LogP contribution in [0.2, 0.25) is 0 Å². The molecular weight excluding hydrogens is 269 g/mol. The number of aliphatic hydroxyl groups is 1. The van der Waals surface area contributed by atoms with Crippen molar-refractivity contribution in [3.8, 4) is 0 Å². The van der Waals surface area contributed by atoms with Crippen molar-refractivity contribution >= 4 is 0 Å². The number of nitrogens with zero attached hydrogens (tertiary/aromatic N) is 1. The quantitative estimate of drug-likeness (QED) is 0.758. The Bertz CT molecular complexity index is 397. The second-order valence-electron chi connectivity index (χ2n) is 4.96. The number of unbranched alkanes of at least 4 members (excludes halogenated alkanes) is 3. The lowest BCUT2D eigenvalue weighted by Gasteiger charge is -2.35. The molecule has 0 fully saturated rings. The first-order valence-corrected chi connectivity index (χ1v) is 6.79. The fraction of sp³-hybridized carbons (Fsp3) is 0.643. The van der Waals surface area contributed by atoms with Gasteiger partial charge in [0.15, 0.2) is 0 Å². The van der Waals surface area contributed by atoms with Gasteiger partial charge >= 0.3 is 6.18 Å². The normalized spacial score (nSPS) is 16.7. The number of aromatic nitrogens is 1. The highest BCUT2D eigenvalue weighted by Crippen LogP contribution is 2.41. The van der Waals surface area contributed by atoms with Gasteiger partial charge in [0.25, 0.3) is 0 Å². The molecule has 3 nitrogen and oxygen atoms in total. The predicted octanol–water partition coefficient (Wildman–Crippen LogP) is 3.13. The first-order valence-electron chi connectivity index (χ1n) is 6.79. The minimum Gasteiger partial charge on any atom is -0.375 e. The van der Waals surface area contributed by atoms with Gasteiger partial charge in [-0.3, -0.25) is 4.98 Å². The Balaban J connectivity index is 2.90. The van der Waals surface area contributed by atoms with Crippen LogP contribution in [0.5, 0.6) is 0 Å². The van der Waals surface area contributed by atoms with Crippen molar-refractivity contribution in [2.75, 3.05) is 0 Å². The molecule has 1 aromatic heterocycles. The van der Waals surface area contributed by atoms with Crippen LogP contribution in [0.1, 0.15) is 44.6 Å². The zero-order valence-corrected chi connectivity index (χ0v) is 11.5. The summed E-state index contributed by atoms with van der Waals surface area (Å²) in [4.78, 5) is 3.64. The van der Waals surface area contributed by atoms with Crippen LogP contribution in [-0.4, -0.2) is 22.3 Å². The second kappa shape index (κ2) is 7.04. The van der Waals surface area contributed by atoms with Crippen LogP contribution in [0, 0.1) is 0 Å². The van der Waals surface area contributed by atoms with Crippen molar-refractivity contribution in [2.45, 2.75) is 56.8 Å². The van der Waals surface area contributed by atoms with E-state index in [4.69, 9.17) is 5.73 Å². The Labute approximate surface area is 117 Å². The van der Waals surface area contributed by atoms with Crippen LogP contribution < -0.4 is 5.73 Å². The smallest absolute Gasteiger partial charge is 0.375 e. The van der Waals surface area contributed by atoms with Gasteiger partial charge in [-0.15, -0.1) is 0 Å². The summed E-state index contributed by atoms with van der Waals surface area (Å²) in [6, 6.07) is 1.16. The molecule has 0 saturated heterocycles. The van der Waals surface area contributed by atoms with Gasteiger partial charge in [0.05, 0.1) is 0 Å². The van der Waals surface area contributed by atoms with Crippen LogP contribution in [0.25, 0.3) is 0 Å². The van der Waals surface area contributed by atoms with E-state index in [9.17, 15) is 18.3 Å². The van der Waals surface area contributed by atoms with Gasteiger partial charge in [-0.1, -0.05) is 38.7 Å². The summed E-state index contributed by atoms with van der Waals surface area (Å²) in [5, 5.41) is 10.2. The van der Waals surface area contributed by atoms with E-state index in [1.807, 2.05) is 6.92 Å². The van der Waals surface area contributed by atoms with E-state index >= 15 is 0 Å². The highest BCUT2D eigenvalue weighted by Gasteiger charge is 2.58. The van der Waals surface area contributed by atoms with Crippen LogP contribution >= 0.6 is 0 Å². The Morgan fingerprint density at radius 1 is 1.30 bits per heavy atom. The van der Waals surface area contributed by atoms with Gasteiger partial charge in [-0.05, 0) is 12.5 Å². The zero-order valence-electron chi connectivity index (χ0n) is 11.5. The lowest BCUT2D eigenvalue weighted by molar-refractivity contribution is -0.275. The van der Waals surface area contributed by atoms with E-state index in [2.05, 4.69) is 4.98 Å². The van der Waals surface area contributed by atoms with Crippen LogP contribution in [0.4, 0.5) is 13.2 Å². The lowest BCUT2D eigenvalue weighted by Crippen LogP contribution is -2.55. The molecule has 0 amide bonds. The maximum atomic E-state index is 13.3. The third-order valence-corrected chi connectivity index (χ3v) is 3.44. The maximum Gasteiger partial charge on any atom is 0.423 e. The lowest BCUT2D eigenvalue weighted by atomic mass is 9.84. The fourth-order valence-electron chi connectivity index (χ4n) is 2.18. The average Bonchev–Trinajstić information content (AvgIpc) is 2.42. The summed E-state index contributed by atoms with van der Waals surface area (Å²) in [7, 11) is 0. The van der Waals surface area contributed by atoms with Gasteiger partial charge in [0.1, 0.15) is 0 Å². The van der Waals surface area contributed by atoms with E-state index < -0.39 is 17.8 Å². The SMILES string of the molecule is CCCCCCC(N)C(O)(c1cccnc1)C(F)(F)F. The number of rotatable bonds is 7. The molecule has 0 aliphatic carbocycles. The highest BCUT2D eigenvalue weighted by molar-refractivity contribution is 5.23. The predicted molar refractivity (Wildman–Crippen MR) is 70.9 cm³/mol. The summed E-state index contributed by atoms with van der Waals surface area (Å²) in [6.45, 7) is 2.02. The third kappa shape index (κ3) is 3.70. The number of pyridine rings is 1. The van der Waals surface area contributed by atoms with Crippen molar-refractivity contribution in [3.05, 3.63) is 30.1 Å². The zero-order chi connectivity index (χ0) is 15.2. The van der Waals surface area contributed by atoms with Crippen LogP contribution in [0.3, 0.4) is 0 Å². The summed E-state index contributed by atoms with van der Waals surface area (Å²) in [6.07, 6.45) is 0.960. The number of alkyl halides is 3. The topological polar surface area (TPSA) is 59.1 Å². The van der Waals surface area contributed by atoms with E-state index in [1.54, 1.807) is 0 Å². The summed E-state index contributed by atoms with van der Waals surface area (Å²) in [5.74, 6) is 0. The molecule has 1 aromatic rings. The molecule has 3 N–H and O–H groups in total. The molecule has 0 bridgehead atoms. The van der Waals surface area contributed by atoms with Crippen molar-refractivity contribution in [3.63, 3.8) is 0 Å². The molecule has 0 aliphatic rings. The van der Waals surface area contributed by atoms with Crippen LogP contribution in [0.15, 0.2) is 24.5 Å². The van der Waals surface area contributed by atoms with E-state index in [1.165, 1.54) is 18.3 Å². The maximum absolute atomic E-state index is 13.3. The average molecular weight is 290 g/mol. The van der Waals surface area contributed by atoms with E-state index in [0.717, 1.165) is 25.5 Å². The monoisotopic (exact) mass is 290 g/mol. The molecule has 114 valence electrons. The van der Waals surface area contributed by atoms with Crippen molar-refractivity contribution in [1.29, 1.82) is 0 Å². The fourth-order valence-corrected chi connectivity index (χ4v) is 2.18. The minimum atomic E-state index is -4.83. The number of hydrogen-bond acceptors (Lipinski definition) is 3. The summed E-state index contributed by atoms with van der Waals surface area (Å²) < 4.78 is 39.8. The van der Waals surface area contributed by atoms with E-state index in [-0.39, 0.29) is 12.0 Å². The molecule has 2 unspecified atom stereocenters. The molecular formula is C14H21F3N2O. The molecule has 20 heavy (non-hydrogen) atoms. The summed E-state index contributed by atoms with van der Waals surface area (Å²) >= 11 is 0. The first kappa shape index (κ1) is 16.9. The molecule has 0 aromatic carbocycles. The Morgan fingerprint density at radius 3 is 2.50 bits per heavy atom. The standard InChI is InChI=1S/C14H21F3N2O/c1-2-3-4-5-8-12(18)13(20,14(15,16)17)11-7-6-9-19-10-11/h6-7,9-10,12,20H,2-5,8,18H2,1H3. The molecule has 0 aliphatic heterocycles. The number of nitrogens with two attached hydrogens (primary N) is 1. The number of halogens is 3. The third-order valence-electron chi connectivity index (χ3n) is 3.44. The molecule has 2 atom stereocenters. The molecule has 1 rings (SSSR count).